The number of rotatable bonds is 5. The molecular weight excluding hydrogens is 260 g/mol. The molecule has 0 aliphatic carbocycles. The van der Waals surface area contributed by atoms with E-state index in [1.165, 1.54) is 5.19 Å². The molecular formula is C18H22OSi. The molecule has 1 N–H and O–H groups in total. The molecule has 2 rings (SSSR count). The van der Waals surface area contributed by atoms with Crippen LogP contribution in [0.4, 0.5) is 0 Å². The topological polar surface area (TPSA) is 20.2 Å². The van der Waals surface area contributed by atoms with Crippen molar-refractivity contribution in [3.63, 3.8) is 0 Å². The fourth-order valence-electron chi connectivity index (χ4n) is 2.74. The van der Waals surface area contributed by atoms with Gasteiger partial charge in [-0.05, 0) is 5.56 Å². The van der Waals surface area contributed by atoms with Gasteiger partial charge in [-0.15, -0.1) is 6.58 Å². The van der Waals surface area contributed by atoms with Gasteiger partial charge >= 0.3 is 0 Å². The number of benzene rings is 2. The Kier molecular flexibility index (Phi) is 4.58. The number of aliphatic hydroxyl groups excluding tert-OH is 1. The highest BCUT2D eigenvalue weighted by Crippen LogP contribution is 2.35. The third-order valence-corrected chi connectivity index (χ3v) is 8.13. The van der Waals surface area contributed by atoms with Crippen LogP contribution in [0.15, 0.2) is 73.3 Å². The minimum Gasteiger partial charge on any atom is -0.388 e. The molecule has 2 heteroatoms. The smallest absolute Gasteiger partial charge is 0.0906 e. The summed E-state index contributed by atoms with van der Waals surface area (Å²) in [5.74, 6) is 0. The first-order chi connectivity index (χ1) is 9.57. The summed E-state index contributed by atoms with van der Waals surface area (Å²) in [4.78, 5) is 0. The Bertz CT molecular complexity index is 548. The third-order valence-electron chi connectivity index (χ3n) is 4.09. The van der Waals surface area contributed by atoms with E-state index in [0.717, 1.165) is 5.56 Å². The molecule has 104 valence electrons. The normalized spacial score (nSPS) is 14.6. The van der Waals surface area contributed by atoms with Gasteiger partial charge in [0, 0.05) is 5.54 Å². The highest BCUT2D eigenvalue weighted by atomic mass is 28.3. The first-order valence-corrected chi connectivity index (χ1v) is 10.1. The van der Waals surface area contributed by atoms with Crippen molar-refractivity contribution in [2.45, 2.75) is 24.7 Å². The number of hydrogen-bond donors (Lipinski definition) is 1. The maximum atomic E-state index is 10.7. The second-order valence-corrected chi connectivity index (χ2v) is 10.4. The lowest BCUT2D eigenvalue weighted by molar-refractivity contribution is 0.179. The molecule has 0 spiro atoms. The quantitative estimate of drug-likeness (QED) is 0.651. The standard InChI is InChI=1S/C18H22OSi/c1-4-17(18(19)15-11-7-5-8-12-15)20(2,3)16-13-9-6-10-14-16/h4-14,17-19H,1H2,2-3H3/t17-,18-/m1/s1. The lowest BCUT2D eigenvalue weighted by atomic mass is 10.1. The van der Waals surface area contributed by atoms with E-state index in [4.69, 9.17) is 0 Å². The van der Waals surface area contributed by atoms with Crippen LogP contribution in [-0.2, 0) is 0 Å². The van der Waals surface area contributed by atoms with Gasteiger partial charge in [0.25, 0.3) is 0 Å². The Morgan fingerprint density at radius 3 is 1.95 bits per heavy atom. The molecule has 2 atom stereocenters. The van der Waals surface area contributed by atoms with Crippen molar-refractivity contribution in [1.29, 1.82) is 0 Å². The van der Waals surface area contributed by atoms with Crippen LogP contribution in [-0.4, -0.2) is 13.2 Å². The highest BCUT2D eigenvalue weighted by molar-refractivity contribution is 6.91. The van der Waals surface area contributed by atoms with Gasteiger partial charge < -0.3 is 5.11 Å². The summed E-state index contributed by atoms with van der Waals surface area (Å²) in [7, 11) is -1.82. The third kappa shape index (κ3) is 2.92. The maximum absolute atomic E-state index is 10.7. The Morgan fingerprint density at radius 1 is 0.950 bits per heavy atom. The lowest BCUT2D eigenvalue weighted by Gasteiger charge is -2.34. The van der Waals surface area contributed by atoms with Gasteiger partial charge in [-0.25, -0.2) is 0 Å². The van der Waals surface area contributed by atoms with E-state index in [-0.39, 0.29) is 5.54 Å². The highest BCUT2D eigenvalue weighted by Gasteiger charge is 2.36. The molecule has 0 amide bonds. The zero-order chi connectivity index (χ0) is 14.6. The van der Waals surface area contributed by atoms with Crippen LogP contribution in [0, 0.1) is 0 Å². The lowest BCUT2D eigenvalue weighted by Crippen LogP contribution is -2.47. The van der Waals surface area contributed by atoms with Crippen LogP contribution in [0.1, 0.15) is 11.7 Å². The first-order valence-electron chi connectivity index (χ1n) is 6.98. The molecule has 2 aromatic rings. The fraction of sp³-hybridized carbons (Fsp3) is 0.222. The van der Waals surface area contributed by atoms with Gasteiger partial charge in [0.05, 0.1) is 14.2 Å². The molecule has 0 radical (unpaired) electrons. The van der Waals surface area contributed by atoms with E-state index in [1.54, 1.807) is 0 Å². The van der Waals surface area contributed by atoms with Crippen molar-refractivity contribution >= 4 is 13.3 Å². The number of aliphatic hydroxyl groups is 1. The van der Waals surface area contributed by atoms with Gasteiger partial charge in [0.2, 0.25) is 0 Å². The van der Waals surface area contributed by atoms with Gasteiger partial charge in [-0.1, -0.05) is 85.0 Å². The van der Waals surface area contributed by atoms with Crippen molar-refractivity contribution in [2.75, 3.05) is 0 Å². The molecule has 20 heavy (non-hydrogen) atoms. The summed E-state index contributed by atoms with van der Waals surface area (Å²) < 4.78 is 0. The minimum atomic E-state index is -1.82. The monoisotopic (exact) mass is 282 g/mol. The van der Waals surface area contributed by atoms with Crippen LogP contribution in [0.25, 0.3) is 0 Å². The van der Waals surface area contributed by atoms with Crippen molar-refractivity contribution in [1.82, 2.24) is 0 Å². The van der Waals surface area contributed by atoms with Crippen molar-refractivity contribution in [3.05, 3.63) is 78.9 Å². The second kappa shape index (κ2) is 6.20. The van der Waals surface area contributed by atoms with E-state index >= 15 is 0 Å². The van der Waals surface area contributed by atoms with Gasteiger partial charge in [0.1, 0.15) is 0 Å². The molecule has 2 aromatic carbocycles. The maximum Gasteiger partial charge on any atom is 0.0906 e. The molecule has 0 unspecified atom stereocenters. The predicted molar refractivity (Wildman–Crippen MR) is 88.9 cm³/mol. The number of hydrogen-bond acceptors (Lipinski definition) is 1. The Morgan fingerprint density at radius 2 is 1.45 bits per heavy atom. The molecule has 0 saturated carbocycles. The van der Waals surface area contributed by atoms with Crippen LogP contribution in [0.2, 0.25) is 18.6 Å². The summed E-state index contributed by atoms with van der Waals surface area (Å²) in [5.41, 5.74) is 1.06. The molecule has 0 bridgehead atoms. The zero-order valence-electron chi connectivity index (χ0n) is 12.2. The van der Waals surface area contributed by atoms with Gasteiger partial charge in [-0.2, -0.15) is 0 Å². The first kappa shape index (κ1) is 14.8. The van der Waals surface area contributed by atoms with Gasteiger partial charge in [-0.3, -0.25) is 0 Å². The van der Waals surface area contributed by atoms with E-state index < -0.39 is 14.2 Å². The summed E-state index contributed by atoms with van der Waals surface area (Å²) in [6.45, 7) is 8.56. The van der Waals surface area contributed by atoms with Crippen LogP contribution in [0.3, 0.4) is 0 Å². The van der Waals surface area contributed by atoms with Gasteiger partial charge in [0.15, 0.2) is 0 Å². The Labute approximate surface area is 122 Å². The Balaban J connectivity index is 2.35. The largest absolute Gasteiger partial charge is 0.388 e. The van der Waals surface area contributed by atoms with E-state index in [9.17, 15) is 5.11 Å². The van der Waals surface area contributed by atoms with E-state index in [1.807, 2.05) is 42.5 Å². The average molecular weight is 282 g/mol. The zero-order valence-corrected chi connectivity index (χ0v) is 13.2. The van der Waals surface area contributed by atoms with Crippen LogP contribution < -0.4 is 5.19 Å². The van der Waals surface area contributed by atoms with Crippen molar-refractivity contribution < 1.29 is 5.11 Å². The molecule has 0 fully saturated rings. The fourth-order valence-corrected chi connectivity index (χ4v) is 5.74. The van der Waals surface area contributed by atoms with Crippen LogP contribution >= 0.6 is 0 Å². The predicted octanol–water partition coefficient (Wildman–Crippen LogP) is 3.89. The molecule has 0 heterocycles. The summed E-state index contributed by atoms with van der Waals surface area (Å²) >= 11 is 0. The Hall–Kier alpha value is -1.64. The minimum absolute atomic E-state index is 0.0901. The van der Waals surface area contributed by atoms with E-state index in [2.05, 4.69) is 43.9 Å². The second-order valence-electron chi connectivity index (χ2n) is 5.70. The SMILES string of the molecule is C=C[C@H]([C@H](O)c1ccccc1)[Si](C)(C)c1ccccc1. The van der Waals surface area contributed by atoms with Crippen LogP contribution in [0.5, 0.6) is 0 Å². The molecule has 1 nitrogen and oxygen atoms in total. The molecule has 0 aliphatic rings. The van der Waals surface area contributed by atoms with Crippen molar-refractivity contribution in [2.24, 2.45) is 0 Å². The summed E-state index contributed by atoms with van der Waals surface area (Å²) in [6, 6.07) is 20.4. The van der Waals surface area contributed by atoms with Crippen molar-refractivity contribution in [3.8, 4) is 0 Å². The van der Waals surface area contributed by atoms with E-state index in [0.29, 0.717) is 0 Å². The summed E-state index contributed by atoms with van der Waals surface area (Å²) in [6.07, 6.45) is 1.44. The molecule has 0 saturated heterocycles. The molecule has 0 aliphatic heterocycles. The average Bonchev–Trinajstić information content (AvgIpc) is 2.49. The summed E-state index contributed by atoms with van der Waals surface area (Å²) in [5, 5.41) is 12.1. The molecule has 0 aromatic heterocycles.